The third-order valence-corrected chi connectivity index (χ3v) is 4.49. The minimum atomic E-state index is -0.852. The maximum Gasteiger partial charge on any atom is 0.303 e. The first kappa shape index (κ1) is 16.5. The van der Waals surface area contributed by atoms with E-state index in [1.165, 1.54) is 12.1 Å². The van der Waals surface area contributed by atoms with E-state index in [4.69, 9.17) is 5.11 Å². The Kier molecular flexibility index (Phi) is 5.16. The average Bonchev–Trinajstić information content (AvgIpc) is 2.97. The van der Waals surface area contributed by atoms with Crippen LogP contribution in [0.5, 0.6) is 0 Å². The van der Waals surface area contributed by atoms with E-state index in [-0.39, 0.29) is 18.1 Å². The van der Waals surface area contributed by atoms with Gasteiger partial charge in [-0.3, -0.25) is 9.59 Å². The standard InChI is InChI=1S/C17H22FNO3/c1-19(12-4-5-15(20)21)16(22)17(10-2-3-11-17)13-6-8-14(18)9-7-13/h6-9H,2-5,10-12H2,1H3,(H,20,21). The van der Waals surface area contributed by atoms with Gasteiger partial charge in [-0.1, -0.05) is 25.0 Å². The second-order valence-corrected chi connectivity index (χ2v) is 6.02. The molecule has 1 aliphatic carbocycles. The lowest BCUT2D eigenvalue weighted by Crippen LogP contribution is -2.44. The first-order chi connectivity index (χ1) is 10.5. The molecule has 0 spiro atoms. The van der Waals surface area contributed by atoms with E-state index in [9.17, 15) is 14.0 Å². The van der Waals surface area contributed by atoms with Crippen LogP contribution in [0.2, 0.25) is 0 Å². The molecule has 0 bridgehead atoms. The van der Waals surface area contributed by atoms with Crippen LogP contribution in [0.4, 0.5) is 4.39 Å². The fourth-order valence-corrected chi connectivity index (χ4v) is 3.31. The largest absolute Gasteiger partial charge is 0.481 e. The summed E-state index contributed by atoms with van der Waals surface area (Å²) in [5, 5.41) is 8.69. The SMILES string of the molecule is CN(CCCC(=O)O)C(=O)C1(c2ccc(F)cc2)CCCC1. The lowest BCUT2D eigenvalue weighted by atomic mass is 9.77. The molecule has 0 radical (unpaired) electrons. The Balaban J connectivity index is 2.14. The normalized spacial score (nSPS) is 16.5. The highest BCUT2D eigenvalue weighted by molar-refractivity contribution is 5.88. The third kappa shape index (κ3) is 3.46. The number of carbonyl (C=O) groups is 2. The molecular weight excluding hydrogens is 285 g/mol. The van der Waals surface area contributed by atoms with Crippen molar-refractivity contribution in [2.24, 2.45) is 0 Å². The molecule has 1 aromatic carbocycles. The van der Waals surface area contributed by atoms with Crippen molar-refractivity contribution < 1.29 is 19.1 Å². The molecular formula is C17H22FNO3. The van der Waals surface area contributed by atoms with Crippen LogP contribution in [0.3, 0.4) is 0 Å². The van der Waals surface area contributed by atoms with Crippen LogP contribution in [0.15, 0.2) is 24.3 Å². The van der Waals surface area contributed by atoms with Gasteiger partial charge in [-0.25, -0.2) is 4.39 Å². The monoisotopic (exact) mass is 307 g/mol. The van der Waals surface area contributed by atoms with E-state index in [0.717, 1.165) is 31.2 Å². The van der Waals surface area contributed by atoms with Gasteiger partial charge in [0.2, 0.25) is 5.91 Å². The molecule has 22 heavy (non-hydrogen) atoms. The summed E-state index contributed by atoms with van der Waals surface area (Å²) in [6, 6.07) is 6.19. The minimum absolute atomic E-state index is 0.0157. The average molecular weight is 307 g/mol. The number of aliphatic carboxylic acids is 1. The summed E-state index contributed by atoms with van der Waals surface area (Å²) >= 11 is 0. The lowest BCUT2D eigenvalue weighted by molar-refractivity contribution is -0.139. The Hall–Kier alpha value is -1.91. The van der Waals surface area contributed by atoms with Crippen molar-refractivity contribution in [1.29, 1.82) is 0 Å². The van der Waals surface area contributed by atoms with E-state index in [1.807, 2.05) is 0 Å². The van der Waals surface area contributed by atoms with E-state index < -0.39 is 11.4 Å². The highest BCUT2D eigenvalue weighted by Crippen LogP contribution is 2.42. The number of carbonyl (C=O) groups excluding carboxylic acids is 1. The highest BCUT2D eigenvalue weighted by Gasteiger charge is 2.44. The van der Waals surface area contributed by atoms with Crippen molar-refractivity contribution in [1.82, 2.24) is 4.90 Å². The van der Waals surface area contributed by atoms with E-state index in [1.54, 1.807) is 24.1 Å². The van der Waals surface area contributed by atoms with Crippen LogP contribution in [0.1, 0.15) is 44.1 Å². The first-order valence-electron chi connectivity index (χ1n) is 7.69. The molecule has 0 heterocycles. The van der Waals surface area contributed by atoms with Gasteiger partial charge in [-0.2, -0.15) is 0 Å². The fourth-order valence-electron chi connectivity index (χ4n) is 3.31. The van der Waals surface area contributed by atoms with Gasteiger partial charge >= 0.3 is 5.97 Å². The van der Waals surface area contributed by atoms with Gasteiger partial charge in [0.05, 0.1) is 5.41 Å². The van der Waals surface area contributed by atoms with Crippen molar-refractivity contribution in [3.8, 4) is 0 Å². The van der Waals surface area contributed by atoms with Gasteiger partial charge in [0, 0.05) is 20.0 Å². The molecule has 1 aromatic rings. The summed E-state index contributed by atoms with van der Waals surface area (Å²) in [6.45, 7) is 0.425. The van der Waals surface area contributed by atoms with Crippen LogP contribution in [-0.2, 0) is 15.0 Å². The van der Waals surface area contributed by atoms with Gasteiger partial charge in [-0.05, 0) is 37.0 Å². The van der Waals surface area contributed by atoms with Gasteiger partial charge in [0.15, 0.2) is 0 Å². The molecule has 0 aromatic heterocycles. The van der Waals surface area contributed by atoms with Crippen LogP contribution in [0, 0.1) is 5.82 Å². The zero-order chi connectivity index (χ0) is 16.2. The molecule has 1 fully saturated rings. The predicted molar refractivity (Wildman–Crippen MR) is 81.1 cm³/mol. The second-order valence-electron chi connectivity index (χ2n) is 6.02. The minimum Gasteiger partial charge on any atom is -0.481 e. The van der Waals surface area contributed by atoms with Crippen LogP contribution >= 0.6 is 0 Å². The molecule has 1 N–H and O–H groups in total. The summed E-state index contributed by atoms with van der Waals surface area (Å²) in [5.41, 5.74) is 0.285. The van der Waals surface area contributed by atoms with Crippen LogP contribution in [0.25, 0.3) is 0 Å². The molecule has 5 heteroatoms. The van der Waals surface area contributed by atoms with E-state index >= 15 is 0 Å². The zero-order valence-electron chi connectivity index (χ0n) is 12.8. The number of hydrogen-bond acceptors (Lipinski definition) is 2. The molecule has 120 valence electrons. The number of carboxylic acids is 1. The molecule has 0 aliphatic heterocycles. The molecule has 2 rings (SSSR count). The van der Waals surface area contributed by atoms with Gasteiger partial charge in [0.1, 0.15) is 5.82 Å². The first-order valence-corrected chi connectivity index (χ1v) is 7.69. The number of halogens is 1. The number of rotatable bonds is 6. The molecule has 0 saturated heterocycles. The maximum atomic E-state index is 13.1. The van der Waals surface area contributed by atoms with Crippen molar-refractivity contribution in [3.05, 3.63) is 35.6 Å². The number of likely N-dealkylation sites (N-methyl/N-ethyl adjacent to an activating group) is 1. The topological polar surface area (TPSA) is 57.6 Å². The van der Waals surface area contributed by atoms with E-state index in [0.29, 0.717) is 13.0 Å². The fraction of sp³-hybridized carbons (Fsp3) is 0.529. The van der Waals surface area contributed by atoms with Crippen LogP contribution in [-0.4, -0.2) is 35.5 Å². The van der Waals surface area contributed by atoms with Crippen LogP contribution < -0.4 is 0 Å². The Morgan fingerprint density at radius 2 is 1.82 bits per heavy atom. The maximum absolute atomic E-state index is 13.1. The number of benzene rings is 1. The Morgan fingerprint density at radius 3 is 2.36 bits per heavy atom. The molecule has 0 unspecified atom stereocenters. The summed E-state index contributed by atoms with van der Waals surface area (Å²) in [7, 11) is 1.72. The molecule has 1 saturated carbocycles. The Morgan fingerprint density at radius 1 is 1.23 bits per heavy atom. The number of nitrogens with zero attached hydrogens (tertiary/aromatic N) is 1. The van der Waals surface area contributed by atoms with Crippen molar-refractivity contribution in [2.45, 2.75) is 43.9 Å². The van der Waals surface area contributed by atoms with Gasteiger partial charge in [-0.15, -0.1) is 0 Å². The predicted octanol–water partition coefficient (Wildman–Crippen LogP) is 2.96. The second kappa shape index (κ2) is 6.90. The van der Waals surface area contributed by atoms with Gasteiger partial charge < -0.3 is 10.0 Å². The Labute approximate surface area is 129 Å². The summed E-state index contributed by atoms with van der Waals surface area (Å²) in [5.74, 6) is -1.14. The highest BCUT2D eigenvalue weighted by atomic mass is 19.1. The Bertz CT molecular complexity index is 535. The quantitative estimate of drug-likeness (QED) is 0.879. The summed E-state index contributed by atoms with van der Waals surface area (Å²) < 4.78 is 13.1. The summed E-state index contributed by atoms with van der Waals surface area (Å²) in [6.07, 6.45) is 3.98. The number of hydrogen-bond donors (Lipinski definition) is 1. The number of carboxylic acid groups (broad SMARTS) is 1. The molecule has 0 atom stereocenters. The third-order valence-electron chi connectivity index (χ3n) is 4.49. The van der Waals surface area contributed by atoms with Crippen molar-refractivity contribution in [2.75, 3.05) is 13.6 Å². The number of amides is 1. The molecule has 1 aliphatic rings. The van der Waals surface area contributed by atoms with Gasteiger partial charge in [0.25, 0.3) is 0 Å². The molecule has 4 nitrogen and oxygen atoms in total. The zero-order valence-corrected chi connectivity index (χ0v) is 12.8. The summed E-state index contributed by atoms with van der Waals surface area (Å²) in [4.78, 5) is 25.1. The van der Waals surface area contributed by atoms with E-state index in [2.05, 4.69) is 0 Å². The van der Waals surface area contributed by atoms with Crippen molar-refractivity contribution >= 4 is 11.9 Å². The molecule has 1 amide bonds. The van der Waals surface area contributed by atoms with Crippen molar-refractivity contribution in [3.63, 3.8) is 0 Å². The smallest absolute Gasteiger partial charge is 0.303 e. The lowest BCUT2D eigenvalue weighted by Gasteiger charge is -2.33.